The van der Waals surface area contributed by atoms with E-state index in [9.17, 15) is 19.7 Å². The van der Waals surface area contributed by atoms with Crippen LogP contribution in [-0.4, -0.2) is 21.9 Å². The van der Waals surface area contributed by atoms with Crippen molar-refractivity contribution in [3.8, 4) is 0 Å². The Bertz CT molecular complexity index is 554. The number of anilines is 1. The molecule has 0 atom stereocenters. The van der Waals surface area contributed by atoms with Crippen LogP contribution in [0.15, 0.2) is 12.1 Å². The highest BCUT2D eigenvalue weighted by atomic mass is 16.6. The second kappa shape index (κ2) is 6.65. The van der Waals surface area contributed by atoms with Crippen molar-refractivity contribution in [2.45, 2.75) is 33.1 Å². The van der Waals surface area contributed by atoms with E-state index >= 15 is 0 Å². The Labute approximate surface area is 115 Å². The van der Waals surface area contributed by atoms with E-state index in [2.05, 4.69) is 5.32 Å². The lowest BCUT2D eigenvalue weighted by Gasteiger charge is -2.09. The Balaban J connectivity index is 2.73. The molecule has 0 saturated heterocycles. The third-order valence-corrected chi connectivity index (χ3v) is 2.81. The van der Waals surface area contributed by atoms with Gasteiger partial charge in [-0.05, 0) is 31.9 Å². The van der Waals surface area contributed by atoms with Gasteiger partial charge in [-0.3, -0.25) is 19.7 Å². The molecule has 1 rings (SSSR count). The maximum Gasteiger partial charge on any atom is 0.303 e. The van der Waals surface area contributed by atoms with Gasteiger partial charge in [0.05, 0.1) is 4.92 Å². The molecule has 0 spiro atoms. The minimum Gasteiger partial charge on any atom is -0.481 e. The summed E-state index contributed by atoms with van der Waals surface area (Å²) in [6.07, 6.45) is 0.291. The maximum absolute atomic E-state index is 11.6. The molecule has 0 radical (unpaired) electrons. The third kappa shape index (κ3) is 4.34. The summed E-state index contributed by atoms with van der Waals surface area (Å²) in [5, 5.41) is 21.9. The topological polar surface area (TPSA) is 110 Å². The van der Waals surface area contributed by atoms with Gasteiger partial charge in [-0.1, -0.05) is 0 Å². The number of benzene rings is 1. The summed E-state index contributed by atoms with van der Waals surface area (Å²) >= 11 is 0. The van der Waals surface area contributed by atoms with Crippen molar-refractivity contribution >= 4 is 23.3 Å². The van der Waals surface area contributed by atoms with Crippen LogP contribution >= 0.6 is 0 Å². The lowest BCUT2D eigenvalue weighted by molar-refractivity contribution is -0.385. The molecule has 0 bridgehead atoms. The number of amides is 1. The summed E-state index contributed by atoms with van der Waals surface area (Å²) in [6.45, 7) is 3.26. The molecule has 0 aliphatic rings. The summed E-state index contributed by atoms with van der Waals surface area (Å²) in [5.41, 5.74) is 1.56. The summed E-state index contributed by atoms with van der Waals surface area (Å²) in [4.78, 5) is 32.3. The standard InChI is InChI=1S/C13H16N2O5/c1-8-7-11(15(19)20)9(2)6-10(8)14-12(16)4-3-5-13(17)18/h6-7H,3-5H2,1-2H3,(H,14,16)(H,17,18). The second-order valence-corrected chi connectivity index (χ2v) is 4.51. The number of nitrogens with one attached hydrogen (secondary N) is 1. The van der Waals surface area contributed by atoms with Gasteiger partial charge < -0.3 is 10.4 Å². The Kier molecular flexibility index (Phi) is 5.19. The Morgan fingerprint density at radius 2 is 1.90 bits per heavy atom. The van der Waals surface area contributed by atoms with Crippen LogP contribution in [0.2, 0.25) is 0 Å². The first kappa shape index (κ1) is 15.6. The lowest BCUT2D eigenvalue weighted by atomic mass is 10.1. The van der Waals surface area contributed by atoms with E-state index in [1.54, 1.807) is 19.9 Å². The Hall–Kier alpha value is -2.44. The molecule has 2 N–H and O–H groups in total. The fraction of sp³-hybridized carbons (Fsp3) is 0.385. The van der Waals surface area contributed by atoms with E-state index in [4.69, 9.17) is 5.11 Å². The first-order chi connectivity index (χ1) is 9.31. The van der Waals surface area contributed by atoms with Crippen molar-refractivity contribution in [2.75, 3.05) is 5.32 Å². The summed E-state index contributed by atoms with van der Waals surface area (Å²) in [7, 11) is 0. The molecule has 20 heavy (non-hydrogen) atoms. The quantitative estimate of drug-likeness (QED) is 0.614. The van der Waals surface area contributed by atoms with Crippen LogP contribution in [0.3, 0.4) is 0 Å². The van der Waals surface area contributed by atoms with Crippen LogP contribution in [-0.2, 0) is 9.59 Å². The molecule has 0 aliphatic heterocycles. The molecule has 0 saturated carbocycles. The number of carbonyl (C=O) groups is 2. The first-order valence-electron chi connectivity index (χ1n) is 6.08. The average molecular weight is 280 g/mol. The SMILES string of the molecule is Cc1cc([N+](=O)[O-])c(C)cc1NC(=O)CCCC(=O)O. The lowest BCUT2D eigenvalue weighted by Crippen LogP contribution is -2.13. The molecular weight excluding hydrogens is 264 g/mol. The number of hydrogen-bond donors (Lipinski definition) is 2. The largest absolute Gasteiger partial charge is 0.481 e. The zero-order valence-corrected chi connectivity index (χ0v) is 11.3. The molecule has 7 nitrogen and oxygen atoms in total. The van der Waals surface area contributed by atoms with Crippen molar-refractivity contribution in [3.63, 3.8) is 0 Å². The predicted octanol–water partition coefficient (Wildman–Crippen LogP) is 2.41. The zero-order chi connectivity index (χ0) is 15.3. The average Bonchev–Trinajstić information content (AvgIpc) is 2.32. The number of carboxylic acids is 1. The number of nitro groups is 1. The van der Waals surface area contributed by atoms with E-state index in [0.717, 1.165) is 0 Å². The highest BCUT2D eigenvalue weighted by molar-refractivity contribution is 5.92. The molecule has 0 fully saturated rings. The summed E-state index contributed by atoms with van der Waals surface area (Å²) < 4.78 is 0. The number of aryl methyl sites for hydroxylation is 2. The van der Waals surface area contributed by atoms with Gasteiger partial charge in [-0.15, -0.1) is 0 Å². The van der Waals surface area contributed by atoms with E-state index in [0.29, 0.717) is 16.8 Å². The van der Waals surface area contributed by atoms with Gasteiger partial charge in [0.1, 0.15) is 0 Å². The van der Waals surface area contributed by atoms with Crippen LogP contribution in [0.25, 0.3) is 0 Å². The fourth-order valence-corrected chi connectivity index (χ4v) is 1.75. The number of hydrogen-bond acceptors (Lipinski definition) is 4. The minimum atomic E-state index is -0.944. The summed E-state index contributed by atoms with van der Waals surface area (Å²) in [6, 6.07) is 2.95. The normalized spacial score (nSPS) is 10.1. The molecule has 1 aromatic rings. The maximum atomic E-state index is 11.6. The van der Waals surface area contributed by atoms with Crippen molar-refractivity contribution in [2.24, 2.45) is 0 Å². The van der Waals surface area contributed by atoms with Crippen molar-refractivity contribution in [1.82, 2.24) is 0 Å². The molecule has 1 amide bonds. The van der Waals surface area contributed by atoms with Crippen LogP contribution in [0.1, 0.15) is 30.4 Å². The Morgan fingerprint density at radius 3 is 2.45 bits per heavy atom. The van der Waals surface area contributed by atoms with E-state index < -0.39 is 10.9 Å². The van der Waals surface area contributed by atoms with Gasteiger partial charge in [0.25, 0.3) is 5.69 Å². The number of nitrogens with zero attached hydrogens (tertiary/aromatic N) is 1. The minimum absolute atomic E-state index is 0.00590. The summed E-state index contributed by atoms with van der Waals surface area (Å²) in [5.74, 6) is -1.25. The van der Waals surface area contributed by atoms with Crippen LogP contribution in [0, 0.1) is 24.0 Å². The Morgan fingerprint density at radius 1 is 1.25 bits per heavy atom. The van der Waals surface area contributed by atoms with Gasteiger partial charge in [0.2, 0.25) is 5.91 Å². The predicted molar refractivity (Wildman–Crippen MR) is 72.7 cm³/mol. The molecular formula is C13H16N2O5. The van der Waals surface area contributed by atoms with E-state index in [1.807, 2.05) is 0 Å². The van der Waals surface area contributed by atoms with Crippen molar-refractivity contribution in [1.29, 1.82) is 0 Å². The molecule has 1 aromatic carbocycles. The first-order valence-corrected chi connectivity index (χ1v) is 6.08. The monoisotopic (exact) mass is 280 g/mol. The highest BCUT2D eigenvalue weighted by Crippen LogP contribution is 2.26. The van der Waals surface area contributed by atoms with E-state index in [-0.39, 0.29) is 30.9 Å². The van der Waals surface area contributed by atoms with Crippen LogP contribution in [0.5, 0.6) is 0 Å². The number of nitro benzene ring substituents is 1. The van der Waals surface area contributed by atoms with Gasteiger partial charge in [0, 0.05) is 30.2 Å². The molecule has 7 heteroatoms. The van der Waals surface area contributed by atoms with Gasteiger partial charge >= 0.3 is 5.97 Å². The van der Waals surface area contributed by atoms with Gasteiger partial charge in [-0.2, -0.15) is 0 Å². The van der Waals surface area contributed by atoms with Crippen LogP contribution in [0.4, 0.5) is 11.4 Å². The molecule has 0 aliphatic carbocycles. The molecule has 0 unspecified atom stereocenters. The van der Waals surface area contributed by atoms with Crippen molar-refractivity contribution in [3.05, 3.63) is 33.4 Å². The number of carbonyl (C=O) groups excluding carboxylic acids is 1. The third-order valence-electron chi connectivity index (χ3n) is 2.81. The van der Waals surface area contributed by atoms with E-state index in [1.165, 1.54) is 6.07 Å². The highest BCUT2D eigenvalue weighted by Gasteiger charge is 2.14. The van der Waals surface area contributed by atoms with Gasteiger partial charge in [0.15, 0.2) is 0 Å². The number of rotatable bonds is 6. The zero-order valence-electron chi connectivity index (χ0n) is 11.3. The second-order valence-electron chi connectivity index (χ2n) is 4.51. The van der Waals surface area contributed by atoms with Crippen molar-refractivity contribution < 1.29 is 19.6 Å². The molecule has 108 valence electrons. The number of aliphatic carboxylic acids is 1. The number of carboxylic acid groups (broad SMARTS) is 1. The smallest absolute Gasteiger partial charge is 0.303 e. The molecule has 0 aromatic heterocycles. The molecule has 0 heterocycles. The van der Waals surface area contributed by atoms with Gasteiger partial charge in [-0.25, -0.2) is 0 Å². The van der Waals surface area contributed by atoms with Crippen LogP contribution < -0.4 is 5.32 Å². The fourth-order valence-electron chi connectivity index (χ4n) is 1.75.